The smallest absolute Gasteiger partial charge is 0.214 e. The fourth-order valence-electron chi connectivity index (χ4n) is 5.99. The second-order valence-electron chi connectivity index (χ2n) is 11.1. The Labute approximate surface area is 239 Å². The second kappa shape index (κ2) is 13.4. The summed E-state index contributed by atoms with van der Waals surface area (Å²) in [6, 6.07) is 32.1. The number of hydrogen-bond acceptors (Lipinski definition) is 2. The molecule has 0 unspecified atom stereocenters. The first-order valence-corrected chi connectivity index (χ1v) is 15.0. The van der Waals surface area contributed by atoms with Crippen LogP contribution in [0.25, 0.3) is 21.8 Å². The molecule has 40 heavy (non-hydrogen) atoms. The Hall–Kier alpha value is -3.92. The highest BCUT2D eigenvalue weighted by molar-refractivity contribution is 5.91. The van der Waals surface area contributed by atoms with Gasteiger partial charge in [0.05, 0.1) is 22.1 Å². The Balaban J connectivity index is 1.05. The predicted molar refractivity (Wildman–Crippen MR) is 169 cm³/mol. The van der Waals surface area contributed by atoms with Crippen LogP contribution in [0.2, 0.25) is 0 Å². The maximum Gasteiger partial charge on any atom is 0.214 e. The van der Waals surface area contributed by atoms with Crippen LogP contribution in [-0.4, -0.2) is 0 Å². The van der Waals surface area contributed by atoms with E-state index in [0.29, 0.717) is 0 Å². The Bertz CT molecular complexity index is 1560. The number of nitrogens with zero attached hydrogens (tertiary/aromatic N) is 2. The number of nitrogens with one attached hydrogen (secondary N) is 1. The number of nitrogens with two attached hydrogens (primary N) is 1. The highest BCUT2D eigenvalue weighted by atomic mass is 15.0. The number of fused-ring (bicyclic) bond motifs is 2. The van der Waals surface area contributed by atoms with Crippen molar-refractivity contribution in [2.45, 2.75) is 78.3 Å². The maximum atomic E-state index is 6.25. The molecule has 0 aliphatic rings. The molecule has 3 N–H and O–H groups in total. The van der Waals surface area contributed by atoms with Gasteiger partial charge in [0.25, 0.3) is 0 Å². The van der Waals surface area contributed by atoms with Crippen molar-refractivity contribution in [3.63, 3.8) is 0 Å². The Morgan fingerprint density at radius 1 is 0.550 bits per heavy atom. The molecule has 206 valence electrons. The maximum absolute atomic E-state index is 6.25. The van der Waals surface area contributed by atoms with Gasteiger partial charge in [0.15, 0.2) is 11.4 Å². The quantitative estimate of drug-likeness (QED) is 0.118. The average molecular weight is 533 g/mol. The monoisotopic (exact) mass is 532 g/mol. The van der Waals surface area contributed by atoms with E-state index >= 15 is 0 Å². The first kappa shape index (κ1) is 27.6. The van der Waals surface area contributed by atoms with Gasteiger partial charge in [-0.3, -0.25) is 0 Å². The lowest BCUT2D eigenvalue weighted by atomic mass is 10.1. The first-order chi connectivity index (χ1) is 19.6. The van der Waals surface area contributed by atoms with Crippen LogP contribution < -0.4 is 20.2 Å². The molecule has 5 rings (SSSR count). The van der Waals surface area contributed by atoms with Crippen LogP contribution in [0.3, 0.4) is 0 Å². The number of aryl methyl sites for hydroxylation is 4. The van der Waals surface area contributed by atoms with Gasteiger partial charge in [-0.05, 0) is 37.1 Å². The summed E-state index contributed by atoms with van der Waals surface area (Å²) in [5.74, 6) is 0. The third-order valence-corrected chi connectivity index (χ3v) is 8.13. The lowest BCUT2D eigenvalue weighted by Gasteiger charge is -2.12. The number of para-hydroxylation sites is 3. The van der Waals surface area contributed by atoms with E-state index in [0.717, 1.165) is 29.9 Å². The normalized spacial score (nSPS) is 11.3. The van der Waals surface area contributed by atoms with Gasteiger partial charge in [-0.1, -0.05) is 68.1 Å². The molecule has 2 heterocycles. The van der Waals surface area contributed by atoms with Gasteiger partial charge in [-0.15, -0.1) is 0 Å². The molecule has 2 aromatic heterocycles. The standard InChI is InChI=1S/C36H42N4/c1-28-26-33(37)31-20-12-14-22-35(31)39(28)24-16-7-5-3-4-6-8-17-25-40-29(2)27-34(32-21-13-15-23-36(32)40)38-30-18-10-9-11-19-30/h9-15,18-23,26-27,37H,3-8,16-17,24-25H2,1-2H3/p+2. The number of rotatable bonds is 13. The van der Waals surface area contributed by atoms with Crippen LogP contribution >= 0.6 is 0 Å². The van der Waals surface area contributed by atoms with Crippen molar-refractivity contribution >= 4 is 38.9 Å². The number of pyridine rings is 2. The fraction of sp³-hybridized carbons (Fsp3) is 0.333. The Morgan fingerprint density at radius 3 is 1.65 bits per heavy atom. The molecule has 4 nitrogen and oxygen atoms in total. The molecular weight excluding hydrogens is 488 g/mol. The third kappa shape index (κ3) is 6.62. The molecule has 0 saturated heterocycles. The molecule has 0 spiro atoms. The van der Waals surface area contributed by atoms with Crippen LogP contribution in [-0.2, 0) is 13.1 Å². The number of anilines is 3. The highest BCUT2D eigenvalue weighted by Crippen LogP contribution is 2.26. The van der Waals surface area contributed by atoms with Crippen LogP contribution in [0.1, 0.15) is 62.8 Å². The van der Waals surface area contributed by atoms with E-state index in [1.807, 2.05) is 0 Å². The summed E-state index contributed by atoms with van der Waals surface area (Å²) in [6.45, 7) is 6.54. The molecule has 0 fully saturated rings. The van der Waals surface area contributed by atoms with E-state index in [2.05, 4.69) is 119 Å². The van der Waals surface area contributed by atoms with Crippen LogP contribution in [0.4, 0.5) is 17.1 Å². The predicted octanol–water partition coefficient (Wildman–Crippen LogP) is 8.33. The number of benzene rings is 3. The number of hydrogen-bond donors (Lipinski definition) is 2. The van der Waals surface area contributed by atoms with E-state index in [9.17, 15) is 0 Å². The minimum Gasteiger partial charge on any atom is -0.398 e. The van der Waals surface area contributed by atoms with Gasteiger partial charge < -0.3 is 11.1 Å². The largest absolute Gasteiger partial charge is 0.398 e. The molecule has 0 aliphatic carbocycles. The summed E-state index contributed by atoms with van der Waals surface area (Å²) in [4.78, 5) is 0. The molecule has 5 aromatic rings. The summed E-state index contributed by atoms with van der Waals surface area (Å²) in [5, 5.41) is 6.06. The molecule has 0 aliphatic heterocycles. The van der Waals surface area contributed by atoms with Crippen molar-refractivity contribution in [3.8, 4) is 0 Å². The van der Waals surface area contributed by atoms with Gasteiger partial charge in [-0.25, -0.2) is 0 Å². The molecule has 0 atom stereocenters. The molecule has 0 radical (unpaired) electrons. The summed E-state index contributed by atoms with van der Waals surface area (Å²) >= 11 is 0. The lowest BCUT2D eigenvalue weighted by molar-refractivity contribution is -0.678. The van der Waals surface area contributed by atoms with Crippen LogP contribution in [0, 0.1) is 13.8 Å². The van der Waals surface area contributed by atoms with Crippen molar-refractivity contribution in [2.24, 2.45) is 0 Å². The highest BCUT2D eigenvalue weighted by Gasteiger charge is 2.17. The molecule has 3 aromatic carbocycles. The molecule has 0 saturated carbocycles. The zero-order valence-corrected chi connectivity index (χ0v) is 24.2. The van der Waals surface area contributed by atoms with E-state index in [1.54, 1.807) is 0 Å². The van der Waals surface area contributed by atoms with E-state index in [4.69, 9.17) is 5.73 Å². The average Bonchev–Trinajstić information content (AvgIpc) is 2.97. The molecule has 0 amide bonds. The van der Waals surface area contributed by atoms with Gasteiger partial charge in [-0.2, -0.15) is 9.13 Å². The van der Waals surface area contributed by atoms with Crippen molar-refractivity contribution in [1.82, 2.24) is 0 Å². The summed E-state index contributed by atoms with van der Waals surface area (Å²) in [6.07, 6.45) is 10.3. The SMILES string of the molecule is Cc1cc(N)c2ccccc2[n+]1CCCCCCCCCC[n+]1c(C)cc(Nc2ccccc2)c2ccccc21. The van der Waals surface area contributed by atoms with Crippen molar-refractivity contribution in [1.29, 1.82) is 0 Å². The molecule has 4 heteroatoms. The zero-order valence-electron chi connectivity index (χ0n) is 24.2. The first-order valence-electron chi connectivity index (χ1n) is 15.0. The van der Waals surface area contributed by atoms with Crippen LogP contribution in [0.15, 0.2) is 91.0 Å². The van der Waals surface area contributed by atoms with Crippen molar-refractivity contribution in [3.05, 3.63) is 102 Å². The minimum absolute atomic E-state index is 0.878. The summed E-state index contributed by atoms with van der Waals surface area (Å²) < 4.78 is 4.92. The Kier molecular flexibility index (Phi) is 9.28. The summed E-state index contributed by atoms with van der Waals surface area (Å²) in [7, 11) is 0. The minimum atomic E-state index is 0.878. The molecule has 0 bridgehead atoms. The van der Waals surface area contributed by atoms with Gasteiger partial charge in [0, 0.05) is 56.6 Å². The number of nitrogen functional groups attached to an aromatic ring is 1. The van der Waals surface area contributed by atoms with Crippen molar-refractivity contribution < 1.29 is 9.13 Å². The third-order valence-electron chi connectivity index (χ3n) is 8.13. The van der Waals surface area contributed by atoms with E-state index < -0.39 is 0 Å². The number of unbranched alkanes of at least 4 members (excludes halogenated alkanes) is 7. The topological polar surface area (TPSA) is 45.8 Å². The van der Waals surface area contributed by atoms with Gasteiger partial charge in [0.2, 0.25) is 11.0 Å². The number of aromatic nitrogens is 2. The van der Waals surface area contributed by atoms with E-state index in [-0.39, 0.29) is 0 Å². The Morgan fingerprint density at radius 2 is 1.02 bits per heavy atom. The second-order valence-corrected chi connectivity index (χ2v) is 11.1. The van der Waals surface area contributed by atoms with E-state index in [1.165, 1.54) is 84.9 Å². The molecular formula is C36H44N4+2. The fourth-order valence-corrected chi connectivity index (χ4v) is 5.99. The lowest BCUT2D eigenvalue weighted by Crippen LogP contribution is -2.38. The van der Waals surface area contributed by atoms with Crippen molar-refractivity contribution in [2.75, 3.05) is 11.1 Å². The summed E-state index contributed by atoms with van der Waals surface area (Å²) in [5.41, 5.74) is 14.5. The van der Waals surface area contributed by atoms with Gasteiger partial charge in [0.1, 0.15) is 13.1 Å². The van der Waals surface area contributed by atoms with Crippen LogP contribution in [0.5, 0.6) is 0 Å². The van der Waals surface area contributed by atoms with Gasteiger partial charge >= 0.3 is 0 Å². The zero-order chi connectivity index (χ0) is 27.7.